The Kier molecular flexibility index (Phi) is 9.20. The van der Waals surface area contributed by atoms with Crippen LogP contribution in [0.1, 0.15) is 20.8 Å². The fourth-order valence-electron chi connectivity index (χ4n) is 4.29. The fraction of sp³-hybridized carbons (Fsp3) is 0.280. The molecule has 1 heterocycles. The molecule has 0 saturated carbocycles. The molecule has 1 aliphatic heterocycles. The summed E-state index contributed by atoms with van der Waals surface area (Å²) in [6.45, 7) is 10.4. The van der Waals surface area contributed by atoms with Crippen LogP contribution in [0.15, 0.2) is 70.5 Å². The van der Waals surface area contributed by atoms with Gasteiger partial charge in [0.2, 0.25) is 0 Å². The van der Waals surface area contributed by atoms with Crippen molar-refractivity contribution in [2.45, 2.75) is 36.6 Å². The fourth-order valence-corrected chi connectivity index (χ4v) is 5.38. The minimum Gasteiger partial charge on any atom is -0.863 e. The molecule has 0 fully saturated rings. The highest BCUT2D eigenvalue weighted by Gasteiger charge is 2.27. The van der Waals surface area contributed by atoms with Crippen molar-refractivity contribution in [3.05, 3.63) is 91.0 Å². The molecule has 4 rings (SSSR count). The van der Waals surface area contributed by atoms with Crippen LogP contribution in [0.3, 0.4) is 0 Å². The smallest absolute Gasteiger partial charge is 0.283 e. The minimum atomic E-state index is -1.46. The van der Waals surface area contributed by atoms with Crippen LogP contribution in [-0.4, -0.2) is 40.4 Å². The molecule has 3 aromatic rings. The van der Waals surface area contributed by atoms with Crippen molar-refractivity contribution >= 4 is 40.2 Å². The third-order valence-electron chi connectivity index (χ3n) is 6.23. The standard InChI is InChI=1S/C19H24N2S.C6H3N3O7/c1-4-20(5-2)15(3)14-21-16-10-6-8-12-18(16)22-19-13-9-7-11-17(19)21;10-6-4(8(13)14)1-3(7(11)12)2-5(6)9(15)16/h6-13,15H,4-5,14H2,1-3H3;1-2,10H/t15-;/m1./s1. The van der Waals surface area contributed by atoms with Crippen LogP contribution < -0.4 is 14.9 Å². The van der Waals surface area contributed by atoms with Gasteiger partial charge in [-0.25, -0.2) is 0 Å². The summed E-state index contributed by atoms with van der Waals surface area (Å²) < 4.78 is 0. The summed E-state index contributed by atoms with van der Waals surface area (Å²) in [5, 5.41) is 42.1. The minimum absolute atomic E-state index is 0.384. The highest BCUT2D eigenvalue weighted by molar-refractivity contribution is 7.99. The van der Waals surface area contributed by atoms with Gasteiger partial charge in [-0.3, -0.25) is 30.3 Å². The molecule has 0 aliphatic carbocycles. The van der Waals surface area contributed by atoms with E-state index in [1.165, 1.54) is 34.3 Å². The van der Waals surface area contributed by atoms with Crippen LogP contribution in [0, 0.1) is 30.3 Å². The molecular formula is C25H27N5O7S. The molecule has 0 amide bonds. The second-order valence-electron chi connectivity index (χ2n) is 8.50. The van der Waals surface area contributed by atoms with Gasteiger partial charge in [-0.05, 0) is 45.0 Å². The van der Waals surface area contributed by atoms with E-state index in [9.17, 15) is 35.4 Å². The average Bonchev–Trinajstić information content (AvgIpc) is 2.89. The highest BCUT2D eigenvalue weighted by Crippen LogP contribution is 2.47. The van der Waals surface area contributed by atoms with Gasteiger partial charge in [-0.1, -0.05) is 36.0 Å². The zero-order valence-electron chi connectivity index (χ0n) is 21.0. The van der Waals surface area contributed by atoms with Crippen LogP contribution in [0.4, 0.5) is 28.4 Å². The number of hydrogen-bond acceptors (Lipinski definition) is 9. The van der Waals surface area contributed by atoms with Crippen molar-refractivity contribution < 1.29 is 24.8 Å². The summed E-state index contributed by atoms with van der Waals surface area (Å²) in [6, 6.07) is 18.9. The van der Waals surface area contributed by atoms with Gasteiger partial charge in [0.25, 0.3) is 17.1 Å². The first kappa shape index (κ1) is 28.3. The molecule has 1 atom stereocenters. The largest absolute Gasteiger partial charge is 0.863 e. The number of para-hydroxylation sites is 2. The number of benzene rings is 3. The molecule has 0 aromatic heterocycles. The number of rotatable bonds is 8. The van der Waals surface area contributed by atoms with Gasteiger partial charge in [-0.15, -0.1) is 0 Å². The number of fused-ring (bicyclic) bond motifs is 2. The van der Waals surface area contributed by atoms with Gasteiger partial charge in [0.15, 0.2) is 0 Å². The van der Waals surface area contributed by atoms with Crippen LogP contribution in [0.25, 0.3) is 0 Å². The van der Waals surface area contributed by atoms with Crippen molar-refractivity contribution in [3.8, 4) is 5.75 Å². The number of nitrogens with one attached hydrogen (secondary N) is 1. The third-order valence-corrected chi connectivity index (χ3v) is 7.36. The van der Waals surface area contributed by atoms with E-state index in [1.807, 2.05) is 11.8 Å². The molecule has 1 N–H and O–H groups in total. The Labute approximate surface area is 222 Å². The van der Waals surface area contributed by atoms with Crippen LogP contribution in [0.5, 0.6) is 5.75 Å². The Bertz CT molecular complexity index is 1270. The van der Waals surface area contributed by atoms with Crippen molar-refractivity contribution in [1.82, 2.24) is 0 Å². The molecule has 38 heavy (non-hydrogen) atoms. The van der Waals surface area contributed by atoms with E-state index in [0.29, 0.717) is 18.2 Å². The molecular weight excluding hydrogens is 514 g/mol. The Morgan fingerprint density at radius 1 is 0.816 bits per heavy atom. The van der Waals surface area contributed by atoms with Gasteiger partial charge in [0.1, 0.15) is 6.04 Å². The Hall–Kier alpha value is -4.23. The lowest BCUT2D eigenvalue weighted by Gasteiger charge is -2.36. The highest BCUT2D eigenvalue weighted by atomic mass is 32.2. The lowest BCUT2D eigenvalue weighted by molar-refractivity contribution is -0.918. The Balaban J connectivity index is 0.000000223. The molecule has 3 aromatic carbocycles. The Morgan fingerprint density at radius 3 is 1.66 bits per heavy atom. The summed E-state index contributed by atoms with van der Waals surface area (Å²) in [5.41, 5.74) is -0.561. The predicted molar refractivity (Wildman–Crippen MR) is 141 cm³/mol. The zero-order valence-corrected chi connectivity index (χ0v) is 21.8. The molecule has 0 spiro atoms. The van der Waals surface area contributed by atoms with E-state index < -0.39 is 37.6 Å². The van der Waals surface area contributed by atoms with Crippen LogP contribution in [-0.2, 0) is 0 Å². The molecule has 12 nitrogen and oxygen atoms in total. The molecule has 13 heteroatoms. The molecule has 0 radical (unpaired) electrons. The van der Waals surface area contributed by atoms with Crippen molar-refractivity contribution in [2.75, 3.05) is 24.5 Å². The van der Waals surface area contributed by atoms with E-state index >= 15 is 0 Å². The van der Waals surface area contributed by atoms with Crippen molar-refractivity contribution in [1.29, 1.82) is 0 Å². The molecule has 1 aliphatic rings. The van der Waals surface area contributed by atoms with E-state index in [0.717, 1.165) is 6.54 Å². The number of likely N-dealkylation sites (N-methyl/N-ethyl adjacent to an activating group) is 1. The molecule has 0 unspecified atom stereocenters. The number of nitrogens with zero attached hydrogens (tertiary/aromatic N) is 4. The molecule has 0 bridgehead atoms. The monoisotopic (exact) mass is 541 g/mol. The normalized spacial score (nSPS) is 12.6. The number of nitro groups is 3. The van der Waals surface area contributed by atoms with Crippen LogP contribution in [0.2, 0.25) is 0 Å². The summed E-state index contributed by atoms with van der Waals surface area (Å²) in [4.78, 5) is 34.4. The number of non-ortho nitro benzene ring substituents is 1. The summed E-state index contributed by atoms with van der Waals surface area (Å²) in [5.74, 6) is -1.46. The maximum atomic E-state index is 11.1. The second kappa shape index (κ2) is 12.3. The molecule has 0 saturated heterocycles. The quantitative estimate of drug-likeness (QED) is 0.327. The van der Waals surface area contributed by atoms with Crippen molar-refractivity contribution in [2.24, 2.45) is 0 Å². The SMILES string of the molecule is CC[NH+](CC)[C@H](C)CN1c2ccccc2Sc2ccccc21.O=[N+]([O-])c1cc([N+](=O)[O-])c([O-])c([N+](=O)[O-])c1. The average molecular weight is 542 g/mol. The van der Waals surface area contributed by atoms with E-state index in [-0.39, 0.29) is 0 Å². The van der Waals surface area contributed by atoms with E-state index in [1.54, 1.807) is 4.90 Å². The lowest BCUT2D eigenvalue weighted by atomic mass is 10.1. The third kappa shape index (κ3) is 6.18. The van der Waals surface area contributed by atoms with Gasteiger partial charge < -0.3 is 14.9 Å². The van der Waals surface area contributed by atoms with Crippen LogP contribution >= 0.6 is 11.8 Å². The van der Waals surface area contributed by atoms with Gasteiger partial charge >= 0.3 is 0 Å². The summed E-state index contributed by atoms with van der Waals surface area (Å²) in [6.07, 6.45) is 0. The topological polar surface area (TPSA) is 160 Å². The maximum absolute atomic E-state index is 11.1. The number of quaternary nitrogens is 1. The van der Waals surface area contributed by atoms with E-state index in [2.05, 4.69) is 74.2 Å². The summed E-state index contributed by atoms with van der Waals surface area (Å²) in [7, 11) is 0. The first-order valence-corrected chi connectivity index (χ1v) is 12.7. The first-order valence-electron chi connectivity index (χ1n) is 11.8. The molecule has 200 valence electrons. The second-order valence-corrected chi connectivity index (χ2v) is 9.58. The number of anilines is 2. The Morgan fingerprint density at radius 2 is 1.26 bits per heavy atom. The number of hydrogen-bond donors (Lipinski definition) is 1. The zero-order chi connectivity index (χ0) is 28.0. The van der Waals surface area contributed by atoms with Gasteiger partial charge in [0.05, 0.1) is 63.7 Å². The predicted octanol–water partition coefficient (Wildman–Crippen LogP) is 4.09. The summed E-state index contributed by atoms with van der Waals surface area (Å²) >= 11 is 1.88. The lowest BCUT2D eigenvalue weighted by Crippen LogP contribution is -3.15. The maximum Gasteiger partial charge on any atom is 0.283 e. The van der Waals surface area contributed by atoms with Gasteiger partial charge in [0, 0.05) is 9.79 Å². The number of nitro benzene ring substituents is 3. The van der Waals surface area contributed by atoms with Crippen molar-refractivity contribution in [3.63, 3.8) is 0 Å². The first-order chi connectivity index (χ1) is 18.1. The van der Waals surface area contributed by atoms with E-state index in [4.69, 9.17) is 0 Å². The van der Waals surface area contributed by atoms with Gasteiger partial charge in [-0.2, -0.15) is 0 Å².